The van der Waals surface area contributed by atoms with E-state index in [1.54, 1.807) is 6.20 Å². The van der Waals surface area contributed by atoms with Crippen molar-refractivity contribution in [2.75, 3.05) is 6.54 Å². The van der Waals surface area contributed by atoms with Crippen LogP contribution in [0.5, 0.6) is 0 Å². The summed E-state index contributed by atoms with van der Waals surface area (Å²) in [6.45, 7) is 6.71. The summed E-state index contributed by atoms with van der Waals surface area (Å²) in [5.41, 5.74) is 0.420. The molecule has 0 unspecified atom stereocenters. The van der Waals surface area contributed by atoms with Crippen LogP contribution in [0, 0.1) is 11.3 Å². The van der Waals surface area contributed by atoms with Crippen LogP contribution in [-0.4, -0.2) is 16.5 Å². The first-order chi connectivity index (χ1) is 7.68. The van der Waals surface area contributed by atoms with Crippen LogP contribution in [-0.2, 0) is 6.54 Å². The molecule has 0 aliphatic heterocycles. The van der Waals surface area contributed by atoms with Crippen molar-refractivity contribution in [1.82, 2.24) is 15.3 Å². The molecule has 1 aromatic heterocycles. The predicted octanol–water partition coefficient (Wildman–Crippen LogP) is 2.72. The third-order valence-corrected chi connectivity index (χ3v) is 3.89. The zero-order valence-electron chi connectivity index (χ0n) is 10.4. The summed E-state index contributed by atoms with van der Waals surface area (Å²) in [5.74, 6) is 1.93. The van der Waals surface area contributed by atoms with Gasteiger partial charge >= 0.3 is 0 Å². The molecule has 1 heterocycles. The maximum absolute atomic E-state index is 4.22. The Hall–Kier alpha value is -0.830. The second-order valence-electron chi connectivity index (χ2n) is 5.61. The number of aromatic nitrogens is 2. The van der Waals surface area contributed by atoms with E-state index in [1.165, 1.54) is 25.7 Å². The van der Waals surface area contributed by atoms with Crippen molar-refractivity contribution in [1.29, 1.82) is 0 Å². The number of nitrogens with zero attached hydrogens (tertiary/aromatic N) is 1. The molecule has 0 saturated heterocycles. The van der Waals surface area contributed by atoms with Crippen molar-refractivity contribution in [2.45, 2.75) is 46.1 Å². The molecule has 0 amide bonds. The van der Waals surface area contributed by atoms with Gasteiger partial charge in [0.2, 0.25) is 0 Å². The van der Waals surface area contributed by atoms with E-state index in [-0.39, 0.29) is 0 Å². The van der Waals surface area contributed by atoms with Crippen molar-refractivity contribution >= 4 is 0 Å². The first kappa shape index (κ1) is 11.6. The molecule has 1 saturated carbocycles. The fraction of sp³-hybridized carbons (Fsp3) is 0.769. The van der Waals surface area contributed by atoms with Crippen LogP contribution in [0.15, 0.2) is 12.4 Å². The Labute approximate surface area is 98.1 Å². The molecule has 1 fully saturated rings. The van der Waals surface area contributed by atoms with Crippen molar-refractivity contribution in [3.05, 3.63) is 18.2 Å². The smallest absolute Gasteiger partial charge is 0.120 e. The SMILES string of the molecule is CC(C)(CNCc1ncc[nH]1)C1CCCC1. The van der Waals surface area contributed by atoms with E-state index in [0.29, 0.717) is 5.41 Å². The number of rotatable bonds is 5. The predicted molar refractivity (Wildman–Crippen MR) is 66.0 cm³/mol. The Morgan fingerprint density at radius 1 is 1.44 bits per heavy atom. The number of aromatic amines is 1. The van der Waals surface area contributed by atoms with Gasteiger partial charge in [-0.15, -0.1) is 0 Å². The summed E-state index contributed by atoms with van der Waals surface area (Å²) in [7, 11) is 0. The second kappa shape index (κ2) is 5.00. The maximum atomic E-state index is 4.22. The number of hydrogen-bond donors (Lipinski definition) is 2. The Morgan fingerprint density at radius 2 is 2.19 bits per heavy atom. The summed E-state index contributed by atoms with van der Waals surface area (Å²) in [6, 6.07) is 0. The summed E-state index contributed by atoms with van der Waals surface area (Å²) in [4.78, 5) is 7.33. The Bertz CT molecular complexity index is 297. The fourth-order valence-electron chi connectivity index (χ4n) is 2.75. The quantitative estimate of drug-likeness (QED) is 0.802. The van der Waals surface area contributed by atoms with Crippen LogP contribution >= 0.6 is 0 Å². The van der Waals surface area contributed by atoms with Gasteiger partial charge in [0, 0.05) is 18.9 Å². The molecule has 0 bridgehead atoms. The second-order valence-corrected chi connectivity index (χ2v) is 5.61. The molecule has 2 rings (SSSR count). The van der Waals surface area contributed by atoms with E-state index in [4.69, 9.17) is 0 Å². The number of imidazole rings is 1. The largest absolute Gasteiger partial charge is 0.348 e. The van der Waals surface area contributed by atoms with Gasteiger partial charge in [-0.2, -0.15) is 0 Å². The molecule has 2 N–H and O–H groups in total. The fourth-order valence-corrected chi connectivity index (χ4v) is 2.75. The van der Waals surface area contributed by atoms with Crippen LogP contribution in [0.1, 0.15) is 45.4 Å². The van der Waals surface area contributed by atoms with Gasteiger partial charge in [-0.05, 0) is 24.2 Å². The molecule has 3 heteroatoms. The van der Waals surface area contributed by atoms with Crippen LogP contribution in [0.25, 0.3) is 0 Å². The van der Waals surface area contributed by atoms with Crippen LogP contribution in [0.4, 0.5) is 0 Å². The average Bonchev–Trinajstić information content (AvgIpc) is 2.90. The van der Waals surface area contributed by atoms with Gasteiger partial charge in [0.15, 0.2) is 0 Å². The monoisotopic (exact) mass is 221 g/mol. The molecule has 90 valence electrons. The summed E-state index contributed by atoms with van der Waals surface area (Å²) < 4.78 is 0. The molecule has 1 aliphatic carbocycles. The lowest BCUT2D eigenvalue weighted by Gasteiger charge is -2.31. The molecule has 16 heavy (non-hydrogen) atoms. The number of hydrogen-bond acceptors (Lipinski definition) is 2. The standard InChI is InChI=1S/C13H23N3/c1-13(2,11-5-3-4-6-11)10-14-9-12-15-7-8-16-12/h7-8,11,14H,3-6,9-10H2,1-2H3,(H,15,16). The first-order valence-corrected chi connectivity index (χ1v) is 6.37. The molecule has 3 nitrogen and oxygen atoms in total. The molecule has 0 aromatic carbocycles. The highest BCUT2D eigenvalue weighted by atomic mass is 15.0. The molecular formula is C13H23N3. The molecule has 0 radical (unpaired) electrons. The Morgan fingerprint density at radius 3 is 2.81 bits per heavy atom. The molecule has 0 spiro atoms. The minimum atomic E-state index is 0.420. The van der Waals surface area contributed by atoms with Crippen molar-refractivity contribution in [3.8, 4) is 0 Å². The van der Waals surface area contributed by atoms with Gasteiger partial charge in [0.1, 0.15) is 5.82 Å². The minimum Gasteiger partial charge on any atom is -0.348 e. The van der Waals surface area contributed by atoms with Crippen LogP contribution in [0.3, 0.4) is 0 Å². The molecule has 1 aromatic rings. The van der Waals surface area contributed by atoms with E-state index in [0.717, 1.165) is 24.8 Å². The number of nitrogens with one attached hydrogen (secondary N) is 2. The third kappa shape index (κ3) is 2.85. The van der Waals surface area contributed by atoms with Crippen LogP contribution in [0.2, 0.25) is 0 Å². The lowest BCUT2D eigenvalue weighted by Crippen LogP contribution is -2.34. The lowest BCUT2D eigenvalue weighted by molar-refractivity contribution is 0.207. The van der Waals surface area contributed by atoms with E-state index < -0.39 is 0 Å². The summed E-state index contributed by atoms with van der Waals surface area (Å²) >= 11 is 0. The Kier molecular flexibility index (Phi) is 3.64. The van der Waals surface area contributed by atoms with Gasteiger partial charge < -0.3 is 10.3 Å². The lowest BCUT2D eigenvalue weighted by atomic mass is 9.78. The minimum absolute atomic E-state index is 0.420. The first-order valence-electron chi connectivity index (χ1n) is 6.37. The van der Waals surface area contributed by atoms with Crippen molar-refractivity contribution in [3.63, 3.8) is 0 Å². The van der Waals surface area contributed by atoms with Crippen LogP contribution < -0.4 is 5.32 Å². The van der Waals surface area contributed by atoms with Crippen molar-refractivity contribution < 1.29 is 0 Å². The van der Waals surface area contributed by atoms with Gasteiger partial charge in [-0.1, -0.05) is 26.7 Å². The highest BCUT2D eigenvalue weighted by Crippen LogP contribution is 2.38. The summed E-state index contributed by atoms with van der Waals surface area (Å²) in [5, 5.41) is 3.51. The van der Waals surface area contributed by atoms with Crippen molar-refractivity contribution in [2.24, 2.45) is 11.3 Å². The molecular weight excluding hydrogens is 198 g/mol. The number of H-pyrrole nitrogens is 1. The zero-order valence-corrected chi connectivity index (χ0v) is 10.4. The highest BCUT2D eigenvalue weighted by Gasteiger charge is 2.31. The zero-order chi connectivity index (χ0) is 11.4. The third-order valence-electron chi connectivity index (χ3n) is 3.89. The molecule has 0 atom stereocenters. The van der Waals surface area contributed by atoms with Gasteiger partial charge in [-0.25, -0.2) is 4.98 Å². The highest BCUT2D eigenvalue weighted by molar-refractivity contribution is 4.88. The Balaban J connectivity index is 1.75. The summed E-state index contributed by atoms with van der Waals surface area (Å²) in [6.07, 6.45) is 9.35. The topological polar surface area (TPSA) is 40.7 Å². The molecule has 1 aliphatic rings. The van der Waals surface area contributed by atoms with Gasteiger partial charge in [-0.3, -0.25) is 0 Å². The average molecular weight is 221 g/mol. The van der Waals surface area contributed by atoms with E-state index in [1.807, 2.05) is 6.20 Å². The van der Waals surface area contributed by atoms with Gasteiger partial charge in [0.05, 0.1) is 6.54 Å². The maximum Gasteiger partial charge on any atom is 0.120 e. The van der Waals surface area contributed by atoms with E-state index in [9.17, 15) is 0 Å². The van der Waals surface area contributed by atoms with E-state index in [2.05, 4.69) is 29.1 Å². The van der Waals surface area contributed by atoms with E-state index >= 15 is 0 Å². The normalized spacial score (nSPS) is 18.1. The van der Waals surface area contributed by atoms with Gasteiger partial charge in [0.25, 0.3) is 0 Å².